The Hall–Kier alpha value is -0.840. The highest BCUT2D eigenvalue weighted by molar-refractivity contribution is 9.10. The van der Waals surface area contributed by atoms with Crippen molar-refractivity contribution in [2.45, 2.75) is 0 Å². The summed E-state index contributed by atoms with van der Waals surface area (Å²) in [6.45, 7) is 0. The molecule has 0 aliphatic heterocycles. The van der Waals surface area contributed by atoms with Crippen LogP contribution >= 0.6 is 43.5 Å². The Morgan fingerprint density at radius 1 is 1.06 bits per heavy atom. The van der Waals surface area contributed by atoms with Crippen LogP contribution in [0.25, 0.3) is 22.4 Å². The van der Waals surface area contributed by atoms with Gasteiger partial charge in [0.05, 0.1) is 11.0 Å². The van der Waals surface area contributed by atoms with E-state index >= 15 is 0 Å². The number of nitrogens with one attached hydrogen (secondary N) is 1. The third kappa shape index (κ3) is 2.20. The van der Waals surface area contributed by atoms with Crippen LogP contribution in [0, 0.1) is 0 Å². The fourth-order valence-electron chi connectivity index (χ4n) is 1.79. The lowest BCUT2D eigenvalue weighted by molar-refractivity contribution is 1.33. The van der Waals surface area contributed by atoms with Crippen LogP contribution < -0.4 is 0 Å². The number of nitrogens with zero attached hydrogens (tertiary/aromatic N) is 1. The second-order valence-corrected chi connectivity index (χ2v) is 6.08. The number of aromatic nitrogens is 2. The Morgan fingerprint density at radius 2 is 1.89 bits per heavy atom. The molecule has 5 heteroatoms. The lowest BCUT2D eigenvalue weighted by Crippen LogP contribution is -1.82. The first-order chi connectivity index (χ1) is 8.63. The number of benzene rings is 2. The van der Waals surface area contributed by atoms with Gasteiger partial charge in [-0.2, -0.15) is 0 Å². The van der Waals surface area contributed by atoms with Crippen molar-refractivity contribution in [1.29, 1.82) is 0 Å². The van der Waals surface area contributed by atoms with Crippen LogP contribution in [-0.2, 0) is 0 Å². The van der Waals surface area contributed by atoms with Crippen molar-refractivity contribution in [2.75, 3.05) is 0 Å². The SMILES string of the molecule is Clc1ccc(Br)c(-c2nc3ccc(Br)cc3[nH]2)c1. The van der Waals surface area contributed by atoms with Crippen LogP contribution in [0.5, 0.6) is 0 Å². The third-order valence-corrected chi connectivity index (χ3v) is 4.05. The molecule has 2 aromatic carbocycles. The summed E-state index contributed by atoms with van der Waals surface area (Å²) in [5.41, 5.74) is 2.88. The predicted octanol–water partition coefficient (Wildman–Crippen LogP) is 5.41. The highest BCUT2D eigenvalue weighted by atomic mass is 79.9. The number of hydrogen-bond acceptors (Lipinski definition) is 1. The Labute approximate surface area is 126 Å². The maximum absolute atomic E-state index is 6.02. The van der Waals surface area contributed by atoms with E-state index in [1.165, 1.54) is 0 Å². The molecule has 0 bridgehead atoms. The molecule has 0 aliphatic rings. The van der Waals surface area contributed by atoms with E-state index in [1.807, 2.05) is 36.4 Å². The third-order valence-electron chi connectivity index (χ3n) is 2.63. The molecule has 0 unspecified atom stereocenters. The summed E-state index contributed by atoms with van der Waals surface area (Å²) >= 11 is 13.0. The molecule has 1 N–H and O–H groups in total. The molecule has 0 spiro atoms. The number of fused-ring (bicyclic) bond motifs is 1. The van der Waals surface area contributed by atoms with Gasteiger partial charge < -0.3 is 4.98 Å². The molecule has 0 radical (unpaired) electrons. The quantitative estimate of drug-likeness (QED) is 0.595. The molecular weight excluding hydrogens is 379 g/mol. The number of aromatic amines is 1. The van der Waals surface area contributed by atoms with Gasteiger partial charge in [0.1, 0.15) is 5.82 Å². The van der Waals surface area contributed by atoms with Gasteiger partial charge in [-0.1, -0.05) is 43.5 Å². The van der Waals surface area contributed by atoms with Crippen LogP contribution in [0.1, 0.15) is 0 Å². The Kier molecular flexibility index (Phi) is 3.18. The molecule has 90 valence electrons. The highest BCUT2D eigenvalue weighted by Crippen LogP contribution is 2.30. The highest BCUT2D eigenvalue weighted by Gasteiger charge is 2.09. The fraction of sp³-hybridized carbons (Fsp3) is 0. The van der Waals surface area contributed by atoms with Crippen molar-refractivity contribution in [3.8, 4) is 11.4 Å². The number of H-pyrrole nitrogens is 1. The molecule has 1 aromatic heterocycles. The second kappa shape index (κ2) is 4.68. The van der Waals surface area contributed by atoms with E-state index in [9.17, 15) is 0 Å². The number of rotatable bonds is 1. The monoisotopic (exact) mass is 384 g/mol. The van der Waals surface area contributed by atoms with Crippen LogP contribution in [-0.4, -0.2) is 9.97 Å². The molecule has 0 atom stereocenters. The van der Waals surface area contributed by atoms with Gasteiger partial charge in [-0.15, -0.1) is 0 Å². The maximum Gasteiger partial charge on any atom is 0.139 e. The van der Waals surface area contributed by atoms with E-state index in [0.29, 0.717) is 5.02 Å². The maximum atomic E-state index is 6.02. The number of hydrogen-bond donors (Lipinski definition) is 1. The summed E-state index contributed by atoms with van der Waals surface area (Å²) in [5.74, 6) is 0.803. The first-order valence-electron chi connectivity index (χ1n) is 5.24. The largest absolute Gasteiger partial charge is 0.338 e. The molecule has 0 aliphatic carbocycles. The van der Waals surface area contributed by atoms with Crippen LogP contribution in [0.4, 0.5) is 0 Å². The molecule has 3 aromatic rings. The van der Waals surface area contributed by atoms with Gasteiger partial charge in [0.2, 0.25) is 0 Å². The average Bonchev–Trinajstić information content (AvgIpc) is 2.74. The first-order valence-corrected chi connectivity index (χ1v) is 7.20. The molecule has 18 heavy (non-hydrogen) atoms. The molecule has 0 amide bonds. The number of imidazole rings is 1. The van der Waals surface area contributed by atoms with Gasteiger partial charge in [0.25, 0.3) is 0 Å². The molecule has 0 fully saturated rings. The van der Waals surface area contributed by atoms with Gasteiger partial charge in [-0.25, -0.2) is 4.98 Å². The minimum Gasteiger partial charge on any atom is -0.338 e. The Balaban J connectivity index is 2.22. The Bertz CT molecular complexity index is 737. The summed E-state index contributed by atoms with van der Waals surface area (Å²) < 4.78 is 1.99. The Morgan fingerprint density at radius 3 is 2.72 bits per heavy atom. The predicted molar refractivity (Wildman–Crippen MR) is 81.9 cm³/mol. The summed E-state index contributed by atoms with van der Waals surface area (Å²) in [7, 11) is 0. The normalized spacial score (nSPS) is 11.1. The van der Waals surface area contributed by atoms with Crippen molar-refractivity contribution in [1.82, 2.24) is 9.97 Å². The smallest absolute Gasteiger partial charge is 0.139 e. The molecule has 2 nitrogen and oxygen atoms in total. The molecule has 1 heterocycles. The lowest BCUT2D eigenvalue weighted by Gasteiger charge is -2.00. The summed E-state index contributed by atoms with van der Waals surface area (Å²) in [6, 6.07) is 11.6. The van der Waals surface area contributed by atoms with Crippen molar-refractivity contribution in [3.63, 3.8) is 0 Å². The minimum atomic E-state index is 0.690. The molecule has 0 saturated heterocycles. The molecule has 0 saturated carbocycles. The van der Waals surface area contributed by atoms with Crippen molar-refractivity contribution in [2.24, 2.45) is 0 Å². The van der Waals surface area contributed by atoms with E-state index < -0.39 is 0 Å². The van der Waals surface area contributed by atoms with Crippen LogP contribution in [0.2, 0.25) is 5.02 Å². The minimum absolute atomic E-state index is 0.690. The summed E-state index contributed by atoms with van der Waals surface area (Å²) in [6.07, 6.45) is 0. The van der Waals surface area contributed by atoms with Crippen LogP contribution in [0.3, 0.4) is 0 Å². The van der Waals surface area contributed by atoms with Gasteiger partial charge in [-0.05, 0) is 36.4 Å². The van der Waals surface area contributed by atoms with Gasteiger partial charge in [0.15, 0.2) is 0 Å². The topological polar surface area (TPSA) is 28.7 Å². The van der Waals surface area contributed by atoms with Crippen molar-refractivity contribution in [3.05, 3.63) is 50.4 Å². The molecule has 3 rings (SSSR count). The van der Waals surface area contributed by atoms with Gasteiger partial charge >= 0.3 is 0 Å². The first kappa shape index (κ1) is 12.2. The van der Waals surface area contributed by atoms with Gasteiger partial charge in [0, 0.05) is 19.5 Å². The fourth-order valence-corrected chi connectivity index (χ4v) is 2.76. The zero-order chi connectivity index (χ0) is 12.7. The summed E-state index contributed by atoms with van der Waals surface area (Å²) in [4.78, 5) is 7.85. The lowest BCUT2D eigenvalue weighted by atomic mass is 10.2. The number of halogens is 3. The zero-order valence-corrected chi connectivity index (χ0v) is 13.0. The van der Waals surface area contributed by atoms with E-state index in [2.05, 4.69) is 41.8 Å². The van der Waals surface area contributed by atoms with E-state index in [-0.39, 0.29) is 0 Å². The van der Waals surface area contributed by atoms with E-state index in [4.69, 9.17) is 11.6 Å². The van der Waals surface area contributed by atoms with Crippen molar-refractivity contribution >= 4 is 54.5 Å². The second-order valence-electron chi connectivity index (χ2n) is 3.87. The van der Waals surface area contributed by atoms with E-state index in [0.717, 1.165) is 31.4 Å². The van der Waals surface area contributed by atoms with E-state index in [1.54, 1.807) is 0 Å². The van der Waals surface area contributed by atoms with Crippen molar-refractivity contribution < 1.29 is 0 Å². The zero-order valence-electron chi connectivity index (χ0n) is 9.05. The molecular formula is C13H7Br2ClN2. The van der Waals surface area contributed by atoms with Crippen LogP contribution in [0.15, 0.2) is 45.3 Å². The average molecular weight is 386 g/mol. The standard InChI is InChI=1S/C13H7Br2ClN2/c14-7-1-4-11-12(5-7)18-13(17-11)9-6-8(16)2-3-10(9)15/h1-6H,(H,17,18). The van der Waals surface area contributed by atoms with Gasteiger partial charge in [-0.3, -0.25) is 0 Å². The summed E-state index contributed by atoms with van der Waals surface area (Å²) in [5, 5.41) is 0.690.